The maximum absolute atomic E-state index is 6.81. The van der Waals surface area contributed by atoms with Crippen molar-refractivity contribution >= 4 is 11.3 Å². The van der Waals surface area contributed by atoms with Crippen LogP contribution in [0, 0.1) is 6.92 Å². The van der Waals surface area contributed by atoms with Crippen LogP contribution < -0.4 is 5.73 Å². The molecule has 0 saturated carbocycles. The molecule has 0 spiro atoms. The van der Waals surface area contributed by atoms with Crippen LogP contribution >= 0.6 is 11.3 Å². The Morgan fingerprint density at radius 1 is 1.22 bits per heavy atom. The third kappa shape index (κ3) is 1.90. The summed E-state index contributed by atoms with van der Waals surface area (Å²) in [5.74, 6) is 0. The van der Waals surface area contributed by atoms with Gasteiger partial charge in [-0.25, -0.2) is 0 Å². The lowest BCUT2D eigenvalue weighted by molar-refractivity contribution is 0.481. The minimum atomic E-state index is -0.280. The van der Waals surface area contributed by atoms with E-state index in [9.17, 15) is 0 Å². The van der Waals surface area contributed by atoms with Gasteiger partial charge in [-0.05, 0) is 54.3 Å². The Morgan fingerprint density at radius 2 is 2.06 bits per heavy atom. The van der Waals surface area contributed by atoms with Gasteiger partial charge in [0.25, 0.3) is 0 Å². The van der Waals surface area contributed by atoms with E-state index in [-0.39, 0.29) is 5.54 Å². The Morgan fingerprint density at radius 3 is 2.83 bits per heavy atom. The molecule has 0 bridgehead atoms. The van der Waals surface area contributed by atoms with E-state index in [2.05, 4.69) is 42.6 Å². The van der Waals surface area contributed by atoms with Gasteiger partial charge in [0.15, 0.2) is 0 Å². The summed E-state index contributed by atoms with van der Waals surface area (Å²) in [4.78, 5) is 1.34. The van der Waals surface area contributed by atoms with Gasteiger partial charge in [0.2, 0.25) is 0 Å². The fourth-order valence-electron chi connectivity index (χ4n) is 3.00. The molecule has 0 amide bonds. The van der Waals surface area contributed by atoms with Gasteiger partial charge in [-0.15, -0.1) is 11.3 Å². The molecule has 1 aromatic carbocycles. The Labute approximate surface area is 113 Å². The number of nitrogens with two attached hydrogens (primary N) is 1. The summed E-state index contributed by atoms with van der Waals surface area (Å²) in [7, 11) is 0. The molecule has 1 nitrogen and oxygen atoms in total. The summed E-state index contributed by atoms with van der Waals surface area (Å²) >= 11 is 1.80. The van der Waals surface area contributed by atoms with Gasteiger partial charge in [-0.1, -0.05) is 30.7 Å². The minimum absolute atomic E-state index is 0.280. The van der Waals surface area contributed by atoms with Gasteiger partial charge in [-0.2, -0.15) is 0 Å². The van der Waals surface area contributed by atoms with Crippen molar-refractivity contribution in [2.45, 2.75) is 38.1 Å². The Bertz CT molecular complexity index is 558. The second-order valence-corrected chi connectivity index (χ2v) is 6.40. The average Bonchev–Trinajstić information content (AvgIpc) is 2.74. The zero-order valence-electron chi connectivity index (χ0n) is 10.8. The van der Waals surface area contributed by atoms with E-state index in [1.54, 1.807) is 11.3 Å². The van der Waals surface area contributed by atoms with Crippen molar-refractivity contribution in [3.8, 4) is 0 Å². The van der Waals surface area contributed by atoms with Crippen LogP contribution in [0.3, 0.4) is 0 Å². The maximum Gasteiger partial charge on any atom is 0.0676 e. The number of benzene rings is 1. The summed E-state index contributed by atoms with van der Waals surface area (Å²) in [6.45, 7) is 2.15. The maximum atomic E-state index is 6.81. The minimum Gasteiger partial charge on any atom is -0.318 e. The van der Waals surface area contributed by atoms with E-state index >= 15 is 0 Å². The SMILES string of the molecule is Cc1cc(C2(N)CCCCc3ccccc32)cs1. The van der Waals surface area contributed by atoms with Crippen LogP contribution in [0.25, 0.3) is 0 Å². The predicted octanol–water partition coefficient (Wildman–Crippen LogP) is 3.99. The summed E-state index contributed by atoms with van der Waals surface area (Å²) in [5, 5.41) is 2.23. The first-order valence-corrected chi connectivity index (χ1v) is 7.51. The molecule has 1 aromatic heterocycles. The van der Waals surface area contributed by atoms with Crippen molar-refractivity contribution in [1.82, 2.24) is 0 Å². The lowest BCUT2D eigenvalue weighted by Crippen LogP contribution is -2.37. The molecule has 0 aliphatic heterocycles. The first kappa shape index (κ1) is 11.9. The molecule has 94 valence electrons. The van der Waals surface area contributed by atoms with Gasteiger partial charge in [0.1, 0.15) is 0 Å². The number of aryl methyl sites for hydroxylation is 2. The molecule has 1 aliphatic rings. The monoisotopic (exact) mass is 257 g/mol. The van der Waals surface area contributed by atoms with E-state index < -0.39 is 0 Å². The second-order valence-electron chi connectivity index (χ2n) is 5.28. The molecule has 2 heteroatoms. The van der Waals surface area contributed by atoms with Crippen LogP contribution in [0.15, 0.2) is 35.7 Å². The van der Waals surface area contributed by atoms with Crippen LogP contribution in [-0.4, -0.2) is 0 Å². The molecule has 2 aromatic rings. The lowest BCUT2D eigenvalue weighted by Gasteiger charge is -2.30. The zero-order chi connectivity index (χ0) is 12.6. The molecule has 0 fully saturated rings. The summed E-state index contributed by atoms with van der Waals surface area (Å²) in [6.07, 6.45) is 4.68. The Kier molecular flexibility index (Phi) is 3.00. The summed E-state index contributed by atoms with van der Waals surface area (Å²) < 4.78 is 0. The highest BCUT2D eigenvalue weighted by atomic mass is 32.1. The third-order valence-corrected chi connectivity index (χ3v) is 4.87. The Balaban J connectivity index is 2.16. The summed E-state index contributed by atoms with van der Waals surface area (Å²) in [5.41, 5.74) is 10.6. The molecule has 2 N–H and O–H groups in total. The standard InChI is InChI=1S/C16H19NS/c1-12-10-14(11-18-12)16(17)9-5-4-7-13-6-2-3-8-15(13)16/h2-3,6,8,10-11H,4-5,7,9,17H2,1H3. The van der Waals surface area contributed by atoms with Crippen molar-refractivity contribution < 1.29 is 0 Å². The van der Waals surface area contributed by atoms with Gasteiger partial charge in [-0.3, -0.25) is 0 Å². The first-order chi connectivity index (χ1) is 8.70. The van der Waals surface area contributed by atoms with E-state index in [1.807, 2.05) is 0 Å². The van der Waals surface area contributed by atoms with Crippen LogP contribution in [-0.2, 0) is 12.0 Å². The fraction of sp³-hybridized carbons (Fsp3) is 0.375. The molecule has 0 saturated heterocycles. The van der Waals surface area contributed by atoms with Gasteiger partial charge in [0, 0.05) is 4.88 Å². The smallest absolute Gasteiger partial charge is 0.0676 e. The van der Waals surface area contributed by atoms with E-state index in [4.69, 9.17) is 5.73 Å². The van der Waals surface area contributed by atoms with Crippen LogP contribution in [0.5, 0.6) is 0 Å². The highest BCUT2D eigenvalue weighted by Crippen LogP contribution is 2.38. The highest BCUT2D eigenvalue weighted by molar-refractivity contribution is 7.10. The molecule has 1 aliphatic carbocycles. The van der Waals surface area contributed by atoms with E-state index in [0.29, 0.717) is 0 Å². The van der Waals surface area contributed by atoms with Gasteiger partial charge in [0.05, 0.1) is 5.54 Å². The number of hydrogen-bond donors (Lipinski definition) is 1. The first-order valence-electron chi connectivity index (χ1n) is 6.63. The number of thiophene rings is 1. The van der Waals surface area contributed by atoms with Crippen molar-refractivity contribution in [3.63, 3.8) is 0 Å². The van der Waals surface area contributed by atoms with Crippen molar-refractivity contribution in [3.05, 3.63) is 57.3 Å². The van der Waals surface area contributed by atoms with Crippen molar-refractivity contribution in [1.29, 1.82) is 0 Å². The van der Waals surface area contributed by atoms with Gasteiger partial charge >= 0.3 is 0 Å². The average molecular weight is 257 g/mol. The van der Waals surface area contributed by atoms with Crippen LogP contribution in [0.4, 0.5) is 0 Å². The Hall–Kier alpha value is -1.12. The normalized spacial score (nSPS) is 23.4. The zero-order valence-corrected chi connectivity index (χ0v) is 11.6. The van der Waals surface area contributed by atoms with Crippen molar-refractivity contribution in [2.24, 2.45) is 5.73 Å². The molecular formula is C16H19NS. The second kappa shape index (κ2) is 4.52. The number of rotatable bonds is 1. The molecule has 1 heterocycles. The molecule has 0 radical (unpaired) electrons. The quantitative estimate of drug-likeness (QED) is 0.768. The van der Waals surface area contributed by atoms with E-state index in [0.717, 1.165) is 12.8 Å². The molecule has 18 heavy (non-hydrogen) atoms. The fourth-order valence-corrected chi connectivity index (χ4v) is 3.79. The molecular weight excluding hydrogens is 238 g/mol. The van der Waals surface area contributed by atoms with Gasteiger partial charge < -0.3 is 5.73 Å². The molecule has 1 atom stereocenters. The topological polar surface area (TPSA) is 26.0 Å². The predicted molar refractivity (Wildman–Crippen MR) is 78.0 cm³/mol. The van der Waals surface area contributed by atoms with Crippen LogP contribution in [0.1, 0.15) is 40.8 Å². The van der Waals surface area contributed by atoms with Crippen LogP contribution in [0.2, 0.25) is 0 Å². The third-order valence-electron chi connectivity index (χ3n) is 4.01. The number of hydrogen-bond acceptors (Lipinski definition) is 2. The summed E-state index contributed by atoms with van der Waals surface area (Å²) in [6, 6.07) is 11.0. The van der Waals surface area contributed by atoms with Crippen molar-refractivity contribution in [2.75, 3.05) is 0 Å². The van der Waals surface area contributed by atoms with E-state index in [1.165, 1.54) is 34.4 Å². The highest BCUT2D eigenvalue weighted by Gasteiger charge is 2.33. The molecule has 1 unspecified atom stereocenters. The number of fused-ring (bicyclic) bond motifs is 1. The largest absolute Gasteiger partial charge is 0.318 e. The lowest BCUT2D eigenvalue weighted by atomic mass is 9.80. The molecule has 3 rings (SSSR count).